The van der Waals surface area contributed by atoms with Crippen LogP contribution in [0.1, 0.15) is 28.8 Å². The van der Waals surface area contributed by atoms with Crippen LogP contribution < -0.4 is 5.32 Å². The summed E-state index contributed by atoms with van der Waals surface area (Å²) in [6.07, 6.45) is 3.09. The zero-order chi connectivity index (χ0) is 11.4. The van der Waals surface area contributed by atoms with Gasteiger partial charge in [-0.25, -0.2) is 0 Å². The van der Waals surface area contributed by atoms with Gasteiger partial charge < -0.3 is 5.32 Å². The van der Waals surface area contributed by atoms with Gasteiger partial charge in [0.15, 0.2) is 5.78 Å². The van der Waals surface area contributed by atoms with Crippen LogP contribution >= 0.6 is 15.9 Å². The maximum absolute atomic E-state index is 12.0. The van der Waals surface area contributed by atoms with Gasteiger partial charge in [-0.2, -0.15) is 0 Å². The summed E-state index contributed by atoms with van der Waals surface area (Å²) in [7, 11) is 0. The lowest BCUT2D eigenvalue weighted by Gasteiger charge is -2.09. The molecule has 0 amide bonds. The molecule has 1 aliphatic rings. The average molecular weight is 282 g/mol. The molecule has 86 valence electrons. The number of nitrogens with one attached hydrogen (secondary N) is 1. The van der Waals surface area contributed by atoms with E-state index < -0.39 is 0 Å². The largest absolute Gasteiger partial charge is 0.307 e. The van der Waals surface area contributed by atoms with E-state index in [9.17, 15) is 4.79 Å². The molecule has 1 aromatic carbocycles. The summed E-state index contributed by atoms with van der Waals surface area (Å²) in [5.41, 5.74) is 2.10. The monoisotopic (exact) mass is 281 g/mol. The average Bonchev–Trinajstić information content (AvgIpc) is 2.83. The predicted octanol–water partition coefficient (Wildman–Crippen LogP) is 2.56. The number of Topliss-reactive ketones (excluding diaryl/α,β-unsaturated/α-hetero) is 1. The molecule has 1 aromatic rings. The van der Waals surface area contributed by atoms with Gasteiger partial charge >= 0.3 is 0 Å². The first-order valence-electron chi connectivity index (χ1n) is 5.74. The van der Waals surface area contributed by atoms with Crippen LogP contribution in [0, 0.1) is 0 Å². The molecule has 0 aromatic heterocycles. The van der Waals surface area contributed by atoms with Crippen LogP contribution in [0.25, 0.3) is 0 Å². The van der Waals surface area contributed by atoms with Gasteiger partial charge in [-0.05, 0) is 31.4 Å². The first kappa shape index (κ1) is 11.8. The van der Waals surface area contributed by atoms with Crippen molar-refractivity contribution < 1.29 is 4.79 Å². The first-order valence-corrected chi connectivity index (χ1v) is 6.86. The number of hydrogen-bond donors (Lipinski definition) is 1. The number of halogens is 1. The molecule has 3 heteroatoms. The van der Waals surface area contributed by atoms with Crippen molar-refractivity contribution >= 4 is 21.7 Å². The fraction of sp³-hybridized carbons (Fsp3) is 0.462. The minimum absolute atomic E-state index is 0.0435. The number of hydrogen-bond acceptors (Lipinski definition) is 2. The first-order chi connectivity index (χ1) is 7.81. The summed E-state index contributed by atoms with van der Waals surface area (Å²) in [5, 5.41) is 4.20. The molecule has 1 N–H and O–H groups in total. The summed E-state index contributed by atoms with van der Waals surface area (Å²) >= 11 is 3.41. The summed E-state index contributed by atoms with van der Waals surface area (Å²) in [4.78, 5) is 12.0. The Kier molecular flexibility index (Phi) is 4.13. The Hall–Kier alpha value is -0.670. The molecular formula is C13H16BrNO. The lowest BCUT2D eigenvalue weighted by atomic mass is 10.0. The van der Waals surface area contributed by atoms with Gasteiger partial charge in [-0.3, -0.25) is 4.79 Å². The van der Waals surface area contributed by atoms with Crippen molar-refractivity contribution in [2.45, 2.75) is 25.3 Å². The lowest BCUT2D eigenvalue weighted by Crippen LogP contribution is -2.30. The maximum Gasteiger partial charge on any atom is 0.179 e. The second-order valence-electron chi connectivity index (χ2n) is 4.15. The highest BCUT2D eigenvalue weighted by atomic mass is 79.9. The van der Waals surface area contributed by atoms with Gasteiger partial charge in [0.1, 0.15) is 0 Å². The van der Waals surface area contributed by atoms with E-state index in [1.165, 1.54) is 5.56 Å². The second-order valence-corrected chi connectivity index (χ2v) is 4.94. The van der Waals surface area contributed by atoms with Crippen LogP contribution in [0.4, 0.5) is 0 Å². The number of carbonyl (C=O) groups excluding carboxylic acids is 1. The third-order valence-electron chi connectivity index (χ3n) is 3.00. The van der Waals surface area contributed by atoms with E-state index in [1.54, 1.807) is 0 Å². The number of aryl methyl sites for hydroxylation is 1. The minimum Gasteiger partial charge on any atom is -0.307 e. The number of alkyl halides is 1. The normalized spacial score (nSPS) is 19.9. The minimum atomic E-state index is 0.0435. The van der Waals surface area contributed by atoms with Crippen LogP contribution in [0.15, 0.2) is 24.3 Å². The van der Waals surface area contributed by atoms with E-state index in [4.69, 9.17) is 0 Å². The molecule has 1 fully saturated rings. The highest BCUT2D eigenvalue weighted by molar-refractivity contribution is 9.09. The highest BCUT2D eigenvalue weighted by Crippen LogP contribution is 2.13. The summed E-state index contributed by atoms with van der Waals surface area (Å²) in [6.45, 7) is 0.970. The molecule has 1 atom stereocenters. The Labute approximate surface area is 105 Å². The Balaban J connectivity index is 2.05. The number of benzene rings is 1. The Morgan fingerprint density at radius 3 is 2.69 bits per heavy atom. The van der Waals surface area contributed by atoms with Crippen molar-refractivity contribution in [2.75, 3.05) is 11.9 Å². The van der Waals surface area contributed by atoms with Gasteiger partial charge in [0.05, 0.1) is 6.04 Å². The Morgan fingerprint density at radius 2 is 2.12 bits per heavy atom. The van der Waals surface area contributed by atoms with Crippen LogP contribution in [-0.4, -0.2) is 23.7 Å². The molecule has 1 saturated heterocycles. The molecule has 16 heavy (non-hydrogen) atoms. The topological polar surface area (TPSA) is 29.1 Å². The third-order valence-corrected chi connectivity index (χ3v) is 3.39. The molecule has 0 spiro atoms. The molecule has 0 bridgehead atoms. The Bertz CT molecular complexity index is 355. The zero-order valence-corrected chi connectivity index (χ0v) is 10.8. The van der Waals surface area contributed by atoms with E-state index in [-0.39, 0.29) is 11.8 Å². The number of carbonyl (C=O) groups is 1. The van der Waals surface area contributed by atoms with Crippen molar-refractivity contribution in [3.63, 3.8) is 0 Å². The Morgan fingerprint density at radius 1 is 1.38 bits per heavy atom. The smallest absolute Gasteiger partial charge is 0.179 e. The molecule has 0 radical (unpaired) electrons. The molecule has 1 unspecified atom stereocenters. The van der Waals surface area contributed by atoms with E-state index in [1.807, 2.05) is 24.3 Å². The third kappa shape index (κ3) is 2.71. The standard InChI is InChI=1S/C13H16BrNO/c14-8-7-10-3-5-11(6-4-10)13(16)12-2-1-9-15-12/h3-6,12,15H,1-2,7-9H2. The van der Waals surface area contributed by atoms with Crippen molar-refractivity contribution in [1.29, 1.82) is 0 Å². The molecule has 1 aliphatic heterocycles. The van der Waals surface area contributed by atoms with Crippen LogP contribution in [0.3, 0.4) is 0 Å². The molecule has 0 saturated carbocycles. The van der Waals surface area contributed by atoms with Crippen LogP contribution in [0.2, 0.25) is 0 Å². The zero-order valence-electron chi connectivity index (χ0n) is 9.21. The van der Waals surface area contributed by atoms with Gasteiger partial charge in [0.2, 0.25) is 0 Å². The van der Waals surface area contributed by atoms with Gasteiger partial charge in [-0.15, -0.1) is 0 Å². The second kappa shape index (κ2) is 5.60. The fourth-order valence-corrected chi connectivity index (χ4v) is 2.51. The van der Waals surface area contributed by atoms with E-state index in [2.05, 4.69) is 21.2 Å². The SMILES string of the molecule is O=C(c1ccc(CCBr)cc1)C1CCCN1. The fourth-order valence-electron chi connectivity index (χ4n) is 2.05. The van der Waals surface area contributed by atoms with E-state index >= 15 is 0 Å². The summed E-state index contributed by atoms with van der Waals surface area (Å²) in [5.74, 6) is 0.239. The lowest BCUT2D eigenvalue weighted by molar-refractivity contribution is 0.0952. The van der Waals surface area contributed by atoms with Gasteiger partial charge in [-0.1, -0.05) is 40.2 Å². The van der Waals surface area contributed by atoms with Gasteiger partial charge in [0, 0.05) is 10.9 Å². The summed E-state index contributed by atoms with van der Waals surface area (Å²) in [6, 6.07) is 8.02. The number of ketones is 1. The predicted molar refractivity (Wildman–Crippen MR) is 69.3 cm³/mol. The van der Waals surface area contributed by atoms with Crippen molar-refractivity contribution in [3.05, 3.63) is 35.4 Å². The van der Waals surface area contributed by atoms with Crippen molar-refractivity contribution in [3.8, 4) is 0 Å². The maximum atomic E-state index is 12.0. The van der Waals surface area contributed by atoms with Crippen LogP contribution in [-0.2, 0) is 6.42 Å². The highest BCUT2D eigenvalue weighted by Gasteiger charge is 2.22. The molecule has 0 aliphatic carbocycles. The van der Waals surface area contributed by atoms with Crippen molar-refractivity contribution in [2.24, 2.45) is 0 Å². The molecule has 1 heterocycles. The van der Waals surface area contributed by atoms with Gasteiger partial charge in [0.25, 0.3) is 0 Å². The molecule has 2 rings (SSSR count). The number of rotatable bonds is 4. The van der Waals surface area contributed by atoms with E-state index in [0.717, 1.165) is 36.7 Å². The quantitative estimate of drug-likeness (QED) is 0.679. The van der Waals surface area contributed by atoms with E-state index in [0.29, 0.717) is 0 Å². The summed E-state index contributed by atoms with van der Waals surface area (Å²) < 4.78 is 0. The van der Waals surface area contributed by atoms with Crippen LogP contribution in [0.5, 0.6) is 0 Å². The molecule has 2 nitrogen and oxygen atoms in total. The molecular weight excluding hydrogens is 266 g/mol. The van der Waals surface area contributed by atoms with Crippen molar-refractivity contribution in [1.82, 2.24) is 5.32 Å².